The van der Waals surface area contributed by atoms with E-state index in [0.29, 0.717) is 11.1 Å². The molecule has 0 amide bonds. The van der Waals surface area contributed by atoms with Gasteiger partial charge in [0.05, 0.1) is 15.2 Å². The van der Waals surface area contributed by atoms with Crippen molar-refractivity contribution < 1.29 is 4.74 Å². The lowest BCUT2D eigenvalue weighted by molar-refractivity contribution is 0.399. The number of benzene rings is 5. The molecule has 0 aliphatic heterocycles. The van der Waals surface area contributed by atoms with Crippen LogP contribution in [0.4, 0.5) is 0 Å². The van der Waals surface area contributed by atoms with Crippen LogP contribution in [-0.2, 0) is 18.3 Å². The van der Waals surface area contributed by atoms with Crippen molar-refractivity contribution in [3.63, 3.8) is 0 Å². The summed E-state index contributed by atoms with van der Waals surface area (Å²) in [7, 11) is -0.429. The average molecular weight is 783 g/mol. The molecule has 0 aromatic heterocycles. The van der Waals surface area contributed by atoms with Crippen LogP contribution in [0.3, 0.4) is 0 Å². The molecule has 0 spiro atoms. The molecule has 3 aliphatic carbocycles. The standard InChI is InChI=1S/C56H66OSi/c1-15-38-29-45-46(31-48(56(9,10)11)53(57-12)51(45)42-27-36(7)22-37(8)28-42)54(38)58(13,14)55-39(16-2)30-47-49(40-23-32(3)20-33(4)24-40)43-18-17-19-44(43)50(52(47)55)41-25-34(5)21-35(6)26-41/h20-31,54-55H,15-19H2,1-14H3. The number of allylic oxidation sites excluding steroid dienone is 2. The summed E-state index contributed by atoms with van der Waals surface area (Å²) in [6.07, 6.45) is 10.9. The molecule has 0 bridgehead atoms. The highest BCUT2D eigenvalue weighted by Gasteiger charge is 2.50. The average Bonchev–Trinajstić information content (AvgIpc) is 3.87. The Morgan fingerprint density at radius 1 is 0.569 bits per heavy atom. The molecule has 300 valence electrons. The maximum atomic E-state index is 6.50. The highest BCUT2D eigenvalue weighted by atomic mass is 28.3. The Balaban J connectivity index is 1.46. The first-order valence-electron chi connectivity index (χ1n) is 22.1. The molecule has 2 atom stereocenters. The Labute approximate surface area is 351 Å². The van der Waals surface area contributed by atoms with Gasteiger partial charge in [0.2, 0.25) is 0 Å². The van der Waals surface area contributed by atoms with Crippen LogP contribution >= 0.6 is 0 Å². The molecule has 5 aromatic carbocycles. The normalized spacial score (nSPS) is 17.3. The fraction of sp³-hybridized carbons (Fsp3) is 0.393. The van der Waals surface area contributed by atoms with Crippen LogP contribution in [0.2, 0.25) is 13.1 Å². The number of methoxy groups -OCH3 is 1. The van der Waals surface area contributed by atoms with E-state index in [1.807, 2.05) is 7.11 Å². The summed E-state index contributed by atoms with van der Waals surface area (Å²) in [4.78, 5) is 0. The van der Waals surface area contributed by atoms with Gasteiger partial charge >= 0.3 is 0 Å². The lowest BCUT2D eigenvalue weighted by atomic mass is 9.81. The quantitative estimate of drug-likeness (QED) is 0.142. The minimum atomic E-state index is -2.31. The summed E-state index contributed by atoms with van der Waals surface area (Å²) >= 11 is 0. The second-order valence-corrected chi connectivity index (χ2v) is 24.7. The highest BCUT2D eigenvalue weighted by Crippen LogP contribution is 2.60. The minimum Gasteiger partial charge on any atom is -0.496 e. The molecule has 3 aliphatic rings. The van der Waals surface area contributed by atoms with Crippen molar-refractivity contribution in [1.29, 1.82) is 0 Å². The van der Waals surface area contributed by atoms with E-state index in [4.69, 9.17) is 4.74 Å². The maximum absolute atomic E-state index is 6.50. The Hall–Kier alpha value is -4.40. The summed E-state index contributed by atoms with van der Waals surface area (Å²) < 4.78 is 6.50. The zero-order chi connectivity index (χ0) is 41.6. The van der Waals surface area contributed by atoms with Crippen LogP contribution in [0, 0.1) is 41.5 Å². The molecular formula is C56H66OSi. The molecule has 1 nitrogen and oxygen atoms in total. The fourth-order valence-electron chi connectivity index (χ4n) is 11.9. The molecule has 8 rings (SSSR count). The third-order valence-corrected chi connectivity index (χ3v) is 18.2. The monoisotopic (exact) mass is 782 g/mol. The number of aryl methyl sites for hydroxylation is 6. The van der Waals surface area contributed by atoms with Crippen molar-refractivity contribution in [2.75, 3.05) is 7.11 Å². The third-order valence-electron chi connectivity index (χ3n) is 13.9. The molecule has 0 N–H and O–H groups in total. The van der Waals surface area contributed by atoms with Gasteiger partial charge in [0.25, 0.3) is 0 Å². The maximum Gasteiger partial charge on any atom is 0.131 e. The molecular weight excluding hydrogens is 717 g/mol. The van der Waals surface area contributed by atoms with Gasteiger partial charge in [-0.3, -0.25) is 0 Å². The number of hydrogen-bond donors (Lipinski definition) is 0. The van der Waals surface area contributed by atoms with E-state index in [2.05, 4.69) is 162 Å². The van der Waals surface area contributed by atoms with E-state index >= 15 is 0 Å². The predicted molar refractivity (Wildman–Crippen MR) is 254 cm³/mol. The van der Waals surface area contributed by atoms with E-state index in [1.165, 1.54) is 89.9 Å². The van der Waals surface area contributed by atoms with Gasteiger partial charge < -0.3 is 4.74 Å². The Morgan fingerprint density at radius 2 is 1.00 bits per heavy atom. The molecule has 0 saturated carbocycles. The SMILES string of the molecule is CCC1=Cc2c(cc(C(C)(C)C)c(OC)c2-c2cc(C)cc(C)c2)C1[Si](C)(C)C1C(CC)=Cc2c(-c3cc(C)cc(C)c3)c3c(c(-c4cc(C)cc(C)c4)c21)CCC3. The van der Waals surface area contributed by atoms with Crippen LogP contribution < -0.4 is 4.74 Å². The molecule has 0 heterocycles. The third kappa shape index (κ3) is 6.59. The van der Waals surface area contributed by atoms with Gasteiger partial charge in [-0.05, 0) is 140 Å². The second kappa shape index (κ2) is 14.7. The number of ether oxygens (including phenoxy) is 1. The number of hydrogen-bond acceptors (Lipinski definition) is 1. The largest absolute Gasteiger partial charge is 0.496 e. The topological polar surface area (TPSA) is 9.23 Å². The van der Waals surface area contributed by atoms with Gasteiger partial charge in [-0.25, -0.2) is 0 Å². The molecule has 2 heteroatoms. The smallest absolute Gasteiger partial charge is 0.131 e. The van der Waals surface area contributed by atoms with Crippen molar-refractivity contribution in [2.45, 2.75) is 138 Å². The minimum absolute atomic E-state index is 0.0920. The van der Waals surface area contributed by atoms with Gasteiger partial charge in [-0.15, -0.1) is 0 Å². The Morgan fingerprint density at radius 3 is 1.47 bits per heavy atom. The summed E-state index contributed by atoms with van der Waals surface area (Å²) in [6.45, 7) is 31.0. The van der Waals surface area contributed by atoms with Crippen LogP contribution in [0.1, 0.15) is 137 Å². The molecule has 2 unspecified atom stereocenters. The first-order valence-corrected chi connectivity index (χ1v) is 25.3. The molecule has 0 radical (unpaired) electrons. The first-order chi connectivity index (χ1) is 27.5. The van der Waals surface area contributed by atoms with E-state index in [-0.39, 0.29) is 5.41 Å². The fourth-order valence-corrected chi connectivity index (χ4v) is 16.8. The summed E-state index contributed by atoms with van der Waals surface area (Å²) in [5.74, 6) is 1.04. The molecule has 0 saturated heterocycles. The number of fused-ring (bicyclic) bond motifs is 3. The Kier molecular flexibility index (Phi) is 10.2. The first kappa shape index (κ1) is 40.4. The van der Waals surface area contributed by atoms with Crippen LogP contribution in [0.15, 0.2) is 71.8 Å². The van der Waals surface area contributed by atoms with E-state index < -0.39 is 8.07 Å². The van der Waals surface area contributed by atoms with Gasteiger partial charge in [-0.1, -0.05) is 165 Å². The Bertz CT molecular complexity index is 2500. The van der Waals surface area contributed by atoms with Gasteiger partial charge in [0, 0.05) is 22.2 Å². The van der Waals surface area contributed by atoms with Crippen LogP contribution in [-0.4, -0.2) is 15.2 Å². The van der Waals surface area contributed by atoms with Crippen molar-refractivity contribution in [3.05, 3.63) is 144 Å². The lowest BCUT2D eigenvalue weighted by Crippen LogP contribution is -2.43. The van der Waals surface area contributed by atoms with Gasteiger partial charge in [0.1, 0.15) is 5.75 Å². The lowest BCUT2D eigenvalue weighted by Gasteiger charge is -2.41. The van der Waals surface area contributed by atoms with Crippen molar-refractivity contribution in [1.82, 2.24) is 0 Å². The molecule has 5 aromatic rings. The summed E-state index contributed by atoms with van der Waals surface area (Å²) in [6, 6.07) is 24.3. The zero-order valence-corrected chi connectivity index (χ0v) is 39.0. The van der Waals surface area contributed by atoms with Crippen molar-refractivity contribution in [2.24, 2.45) is 0 Å². The molecule has 0 fully saturated rings. The van der Waals surface area contributed by atoms with Crippen molar-refractivity contribution >= 4 is 20.2 Å². The van der Waals surface area contributed by atoms with Gasteiger partial charge in [-0.2, -0.15) is 0 Å². The highest BCUT2D eigenvalue weighted by molar-refractivity contribution is 6.82. The van der Waals surface area contributed by atoms with E-state index in [0.717, 1.165) is 31.4 Å². The predicted octanol–water partition coefficient (Wildman–Crippen LogP) is 15.6. The van der Waals surface area contributed by atoms with Crippen molar-refractivity contribution in [3.8, 4) is 39.1 Å². The van der Waals surface area contributed by atoms with Gasteiger partial charge in [0.15, 0.2) is 0 Å². The van der Waals surface area contributed by atoms with E-state index in [1.54, 1.807) is 33.4 Å². The number of rotatable bonds is 8. The zero-order valence-electron chi connectivity index (χ0n) is 38.0. The molecule has 58 heavy (non-hydrogen) atoms. The summed E-state index contributed by atoms with van der Waals surface area (Å²) in [5, 5.41) is 0. The second-order valence-electron chi connectivity index (χ2n) is 19.9. The van der Waals surface area contributed by atoms with E-state index in [9.17, 15) is 0 Å². The van der Waals surface area contributed by atoms with Crippen LogP contribution in [0.25, 0.3) is 45.5 Å². The summed E-state index contributed by atoms with van der Waals surface area (Å²) in [5.41, 5.74) is 31.0. The van der Waals surface area contributed by atoms with Crippen LogP contribution in [0.5, 0.6) is 5.75 Å².